The zero-order valence-electron chi connectivity index (χ0n) is 12.2. The maximum Gasteiger partial charge on any atom is 0.142 e. The highest BCUT2D eigenvalue weighted by Gasteiger charge is 2.24. The normalized spacial score (nSPS) is 12.9. The molecule has 5 heteroatoms. The molecule has 0 bridgehead atoms. The Labute approximate surface area is 122 Å². The van der Waals surface area contributed by atoms with E-state index in [2.05, 4.69) is 36.1 Å². The van der Waals surface area contributed by atoms with Crippen LogP contribution in [0.4, 0.5) is 11.5 Å². The van der Waals surface area contributed by atoms with Gasteiger partial charge in [-0.2, -0.15) is 0 Å². The zero-order valence-corrected chi connectivity index (χ0v) is 12.2. The zero-order chi connectivity index (χ0) is 14.6. The number of hydrogen-bond donors (Lipinski definition) is 1. The first kappa shape index (κ1) is 12.2. The quantitative estimate of drug-likeness (QED) is 0.533. The minimum Gasteiger partial charge on any atom is -0.338 e. The van der Waals surface area contributed by atoms with E-state index in [1.165, 1.54) is 0 Å². The fourth-order valence-corrected chi connectivity index (χ4v) is 2.57. The van der Waals surface area contributed by atoms with E-state index in [9.17, 15) is 0 Å². The minimum absolute atomic E-state index is 0.114. The second-order valence-corrected chi connectivity index (χ2v) is 6.27. The van der Waals surface area contributed by atoms with Crippen molar-refractivity contribution in [1.82, 2.24) is 19.9 Å². The first-order chi connectivity index (χ1) is 10.0. The summed E-state index contributed by atoms with van der Waals surface area (Å²) in [6.45, 7) is 6.32. The van der Waals surface area contributed by atoms with Crippen LogP contribution >= 0.6 is 0 Å². The highest BCUT2D eigenvalue weighted by atomic mass is 15.1. The molecule has 104 valence electrons. The van der Waals surface area contributed by atoms with Crippen molar-refractivity contribution in [3.05, 3.63) is 36.7 Å². The third kappa shape index (κ3) is 1.77. The van der Waals surface area contributed by atoms with Gasteiger partial charge in [-0.25, -0.2) is 9.97 Å². The van der Waals surface area contributed by atoms with E-state index >= 15 is 0 Å². The van der Waals surface area contributed by atoms with Crippen LogP contribution in [0.25, 0.3) is 22.0 Å². The summed E-state index contributed by atoms with van der Waals surface area (Å²) in [5, 5.41) is 4.40. The van der Waals surface area contributed by atoms with Crippen LogP contribution in [0.15, 0.2) is 30.9 Å². The molecule has 1 N–H and O–H groups in total. The number of rotatable bonds is 0. The molecule has 0 atom stereocenters. The van der Waals surface area contributed by atoms with Gasteiger partial charge < -0.3 is 5.32 Å². The standard InChI is InChI=1S/C16H15N5/c1-16(2,3)15-20-12-8-18-6-10-9-4-5-17-7-11(9)19-14(21-15)13(10)12/h4-8H,1-3H3,(H,19,20,21). The molecule has 0 fully saturated rings. The average Bonchev–Trinajstić information content (AvgIpc) is 2.46. The lowest BCUT2D eigenvalue weighted by molar-refractivity contribution is 0.549. The van der Waals surface area contributed by atoms with Crippen molar-refractivity contribution in [2.24, 2.45) is 0 Å². The Morgan fingerprint density at radius 3 is 2.62 bits per heavy atom. The SMILES string of the molecule is CC(C)(C)c1nc2c3c(cncc3n1)-c1ccncc1N2. The molecule has 0 spiro atoms. The molecule has 0 saturated heterocycles. The Bertz CT molecular complexity index is 864. The van der Waals surface area contributed by atoms with Crippen molar-refractivity contribution in [3.63, 3.8) is 0 Å². The van der Waals surface area contributed by atoms with Gasteiger partial charge in [0.2, 0.25) is 0 Å². The number of fused-ring (bicyclic) bond motifs is 2. The molecule has 0 aromatic carbocycles. The Morgan fingerprint density at radius 1 is 0.952 bits per heavy atom. The summed E-state index contributed by atoms with van der Waals surface area (Å²) in [7, 11) is 0. The largest absolute Gasteiger partial charge is 0.338 e. The lowest BCUT2D eigenvalue weighted by Gasteiger charge is -2.23. The summed E-state index contributed by atoms with van der Waals surface area (Å²) >= 11 is 0. The Kier molecular flexibility index (Phi) is 2.31. The van der Waals surface area contributed by atoms with Crippen LogP contribution in [0.1, 0.15) is 26.6 Å². The van der Waals surface area contributed by atoms with Crippen LogP contribution in [-0.4, -0.2) is 19.9 Å². The molecular formula is C16H15N5. The number of anilines is 2. The third-order valence-corrected chi connectivity index (χ3v) is 3.64. The van der Waals surface area contributed by atoms with E-state index in [0.717, 1.165) is 39.4 Å². The molecule has 5 nitrogen and oxygen atoms in total. The lowest BCUT2D eigenvalue weighted by Crippen LogP contribution is -2.18. The van der Waals surface area contributed by atoms with Gasteiger partial charge in [-0.3, -0.25) is 9.97 Å². The highest BCUT2D eigenvalue weighted by molar-refractivity contribution is 6.07. The molecule has 0 radical (unpaired) electrons. The summed E-state index contributed by atoms with van der Waals surface area (Å²) in [5.41, 5.74) is 3.86. The van der Waals surface area contributed by atoms with Gasteiger partial charge in [0.25, 0.3) is 0 Å². The maximum absolute atomic E-state index is 4.72. The molecule has 0 saturated carbocycles. The predicted molar refractivity (Wildman–Crippen MR) is 82.5 cm³/mol. The first-order valence-corrected chi connectivity index (χ1v) is 6.92. The average molecular weight is 277 g/mol. The third-order valence-electron chi connectivity index (χ3n) is 3.64. The Morgan fingerprint density at radius 2 is 1.81 bits per heavy atom. The molecular weight excluding hydrogens is 262 g/mol. The van der Waals surface area contributed by atoms with E-state index in [0.29, 0.717) is 0 Å². The fraction of sp³-hybridized carbons (Fsp3) is 0.250. The summed E-state index contributed by atoms with van der Waals surface area (Å²) in [6, 6.07) is 1.99. The Hall–Kier alpha value is -2.56. The topological polar surface area (TPSA) is 63.6 Å². The van der Waals surface area contributed by atoms with Crippen LogP contribution in [0.2, 0.25) is 0 Å². The molecule has 0 unspecified atom stereocenters. The lowest BCUT2D eigenvalue weighted by atomic mass is 9.94. The number of aromatic nitrogens is 4. The van der Waals surface area contributed by atoms with Gasteiger partial charge in [0.1, 0.15) is 11.6 Å². The second kappa shape index (κ2) is 3.97. The highest BCUT2D eigenvalue weighted by Crippen LogP contribution is 2.41. The molecule has 0 amide bonds. The first-order valence-electron chi connectivity index (χ1n) is 6.92. The van der Waals surface area contributed by atoms with Crippen molar-refractivity contribution in [2.75, 3.05) is 5.32 Å². The van der Waals surface area contributed by atoms with Crippen LogP contribution < -0.4 is 5.32 Å². The van der Waals surface area contributed by atoms with Crippen LogP contribution in [0.3, 0.4) is 0 Å². The maximum atomic E-state index is 4.72. The molecule has 4 heterocycles. The van der Waals surface area contributed by atoms with E-state index < -0.39 is 0 Å². The minimum atomic E-state index is -0.114. The van der Waals surface area contributed by atoms with Gasteiger partial charge in [0, 0.05) is 28.9 Å². The number of pyridine rings is 2. The molecule has 4 rings (SSSR count). The van der Waals surface area contributed by atoms with Crippen molar-refractivity contribution in [2.45, 2.75) is 26.2 Å². The monoisotopic (exact) mass is 277 g/mol. The van der Waals surface area contributed by atoms with E-state index in [1.54, 1.807) is 12.4 Å². The van der Waals surface area contributed by atoms with Crippen molar-refractivity contribution in [1.29, 1.82) is 0 Å². The van der Waals surface area contributed by atoms with Crippen LogP contribution in [0, 0.1) is 0 Å². The van der Waals surface area contributed by atoms with Gasteiger partial charge in [0.15, 0.2) is 0 Å². The molecule has 1 aliphatic rings. The number of nitrogens with zero attached hydrogens (tertiary/aromatic N) is 4. The molecule has 3 aromatic rings. The summed E-state index contributed by atoms with van der Waals surface area (Å²) in [6.07, 6.45) is 7.27. The summed E-state index contributed by atoms with van der Waals surface area (Å²) in [5.74, 6) is 1.65. The molecule has 21 heavy (non-hydrogen) atoms. The van der Waals surface area contributed by atoms with E-state index in [1.807, 2.05) is 18.5 Å². The molecule has 1 aliphatic heterocycles. The van der Waals surface area contributed by atoms with Gasteiger partial charge in [0.05, 0.1) is 29.0 Å². The smallest absolute Gasteiger partial charge is 0.142 e. The predicted octanol–water partition coefficient (Wildman–Crippen LogP) is 3.44. The van der Waals surface area contributed by atoms with E-state index in [4.69, 9.17) is 9.97 Å². The Balaban J connectivity index is 2.10. The second-order valence-electron chi connectivity index (χ2n) is 6.27. The van der Waals surface area contributed by atoms with Crippen molar-refractivity contribution < 1.29 is 0 Å². The van der Waals surface area contributed by atoms with Gasteiger partial charge in [-0.05, 0) is 6.07 Å². The molecule has 3 aromatic heterocycles. The van der Waals surface area contributed by atoms with E-state index in [-0.39, 0.29) is 5.41 Å². The number of hydrogen-bond acceptors (Lipinski definition) is 5. The summed E-state index contributed by atoms with van der Waals surface area (Å²) < 4.78 is 0. The van der Waals surface area contributed by atoms with Crippen LogP contribution in [-0.2, 0) is 5.41 Å². The summed E-state index contributed by atoms with van der Waals surface area (Å²) in [4.78, 5) is 17.9. The van der Waals surface area contributed by atoms with Crippen molar-refractivity contribution >= 4 is 22.4 Å². The number of nitrogens with one attached hydrogen (secondary N) is 1. The van der Waals surface area contributed by atoms with Gasteiger partial charge in [-0.15, -0.1) is 0 Å². The van der Waals surface area contributed by atoms with Gasteiger partial charge >= 0.3 is 0 Å². The van der Waals surface area contributed by atoms with Crippen LogP contribution in [0.5, 0.6) is 0 Å². The fourth-order valence-electron chi connectivity index (χ4n) is 2.57. The van der Waals surface area contributed by atoms with Crippen molar-refractivity contribution in [3.8, 4) is 11.1 Å². The molecule has 0 aliphatic carbocycles. The van der Waals surface area contributed by atoms with Gasteiger partial charge in [-0.1, -0.05) is 20.8 Å².